The number of aromatic nitrogens is 2. The Labute approximate surface area is 124 Å². The van der Waals surface area contributed by atoms with Crippen LogP contribution < -0.4 is 5.73 Å². The van der Waals surface area contributed by atoms with E-state index >= 15 is 0 Å². The lowest BCUT2D eigenvalue weighted by molar-refractivity contribution is 0.258. The van der Waals surface area contributed by atoms with Crippen LogP contribution in [0.2, 0.25) is 0 Å². The highest BCUT2D eigenvalue weighted by molar-refractivity contribution is 5.33. The normalized spacial score (nSPS) is 18.8. The maximum absolute atomic E-state index is 8.98. The second-order valence-electron chi connectivity index (χ2n) is 5.73. The highest BCUT2D eigenvalue weighted by atomic mass is 16.5. The molecule has 1 fully saturated rings. The summed E-state index contributed by atoms with van der Waals surface area (Å²) < 4.78 is 5.34. The van der Waals surface area contributed by atoms with Crippen molar-refractivity contribution in [3.8, 4) is 0 Å². The minimum absolute atomic E-state index is 0.0166. The number of hydrogen-bond donors (Lipinski definition) is 2. The Kier molecular flexibility index (Phi) is 4.03. The van der Waals surface area contributed by atoms with Gasteiger partial charge in [-0.3, -0.25) is 0 Å². The molecule has 0 amide bonds. The molecule has 2 aromatic rings. The summed E-state index contributed by atoms with van der Waals surface area (Å²) in [6.45, 7) is 0.0166. The van der Waals surface area contributed by atoms with E-state index in [0.29, 0.717) is 12.3 Å². The lowest BCUT2D eigenvalue weighted by Crippen LogP contribution is -2.25. The molecule has 0 saturated heterocycles. The topological polar surface area (TPSA) is 85.2 Å². The third kappa shape index (κ3) is 2.59. The molecule has 1 heterocycles. The zero-order valence-electron chi connectivity index (χ0n) is 12.0. The van der Waals surface area contributed by atoms with Gasteiger partial charge in [-0.25, -0.2) is 0 Å². The summed E-state index contributed by atoms with van der Waals surface area (Å²) in [6, 6.07) is 9.99. The summed E-state index contributed by atoms with van der Waals surface area (Å²) in [5, 5.41) is 13.2. The Morgan fingerprint density at radius 2 is 1.95 bits per heavy atom. The van der Waals surface area contributed by atoms with Gasteiger partial charge in [-0.1, -0.05) is 48.3 Å². The van der Waals surface area contributed by atoms with Crippen LogP contribution in [-0.2, 0) is 5.41 Å². The molecule has 5 heteroatoms. The van der Waals surface area contributed by atoms with Gasteiger partial charge in [-0.2, -0.15) is 4.98 Å². The molecule has 0 spiro atoms. The smallest absolute Gasteiger partial charge is 0.243 e. The summed E-state index contributed by atoms with van der Waals surface area (Å²) in [6.07, 6.45) is 4.83. The standard InChI is InChI=1S/C16H21N3O2/c17-13(8-11-20)14-18-15(19-21-14)16(9-4-5-10-16)12-6-2-1-3-7-12/h1-3,6-7,13,20H,4-5,8-11,17H2. The van der Waals surface area contributed by atoms with E-state index in [4.69, 9.17) is 15.4 Å². The fourth-order valence-corrected chi connectivity index (χ4v) is 3.22. The van der Waals surface area contributed by atoms with Crippen molar-refractivity contribution in [2.45, 2.75) is 43.6 Å². The summed E-state index contributed by atoms with van der Waals surface area (Å²) >= 11 is 0. The van der Waals surface area contributed by atoms with Crippen LogP contribution >= 0.6 is 0 Å². The van der Waals surface area contributed by atoms with Crippen molar-refractivity contribution in [1.29, 1.82) is 0 Å². The number of nitrogens with two attached hydrogens (primary N) is 1. The van der Waals surface area contributed by atoms with E-state index in [0.717, 1.165) is 18.7 Å². The highest BCUT2D eigenvalue weighted by Gasteiger charge is 2.41. The lowest BCUT2D eigenvalue weighted by atomic mass is 9.78. The quantitative estimate of drug-likeness (QED) is 0.881. The third-order valence-electron chi connectivity index (χ3n) is 4.41. The summed E-state index contributed by atoms with van der Waals surface area (Å²) in [7, 11) is 0. The maximum Gasteiger partial charge on any atom is 0.243 e. The van der Waals surface area contributed by atoms with E-state index in [9.17, 15) is 0 Å². The van der Waals surface area contributed by atoms with Gasteiger partial charge >= 0.3 is 0 Å². The van der Waals surface area contributed by atoms with E-state index in [1.807, 2.05) is 18.2 Å². The van der Waals surface area contributed by atoms with E-state index in [1.165, 1.54) is 18.4 Å². The first-order chi connectivity index (χ1) is 10.3. The molecule has 3 N–H and O–H groups in total. The van der Waals surface area contributed by atoms with Crippen molar-refractivity contribution in [3.63, 3.8) is 0 Å². The molecule has 1 saturated carbocycles. The summed E-state index contributed by atoms with van der Waals surface area (Å²) in [5.74, 6) is 1.15. The van der Waals surface area contributed by atoms with Gasteiger partial charge in [0.15, 0.2) is 5.82 Å². The molecule has 112 valence electrons. The monoisotopic (exact) mass is 287 g/mol. The number of benzene rings is 1. The Hall–Kier alpha value is -1.72. The molecule has 3 rings (SSSR count). The third-order valence-corrected chi connectivity index (χ3v) is 4.41. The number of nitrogens with zero attached hydrogens (tertiary/aromatic N) is 2. The zero-order chi connectivity index (χ0) is 14.7. The molecule has 5 nitrogen and oxygen atoms in total. The minimum atomic E-state index is -0.398. The van der Waals surface area contributed by atoms with E-state index in [2.05, 4.69) is 22.3 Å². The lowest BCUT2D eigenvalue weighted by Gasteiger charge is -2.25. The van der Waals surface area contributed by atoms with E-state index in [1.54, 1.807) is 0 Å². The van der Waals surface area contributed by atoms with Crippen LogP contribution in [0.15, 0.2) is 34.9 Å². The molecule has 21 heavy (non-hydrogen) atoms. The molecule has 1 aromatic carbocycles. The van der Waals surface area contributed by atoms with Crippen molar-refractivity contribution in [2.75, 3.05) is 6.61 Å². The maximum atomic E-state index is 8.98. The van der Waals surface area contributed by atoms with Crippen LogP contribution in [0.1, 0.15) is 55.4 Å². The van der Waals surface area contributed by atoms with E-state index < -0.39 is 6.04 Å². The summed E-state index contributed by atoms with van der Waals surface area (Å²) in [4.78, 5) is 4.55. The van der Waals surface area contributed by atoms with Gasteiger partial charge in [0, 0.05) is 6.61 Å². The van der Waals surface area contributed by atoms with E-state index in [-0.39, 0.29) is 12.0 Å². The SMILES string of the molecule is NC(CCO)c1nc(C2(c3ccccc3)CCCC2)no1. The average molecular weight is 287 g/mol. The van der Waals surface area contributed by atoms with Gasteiger partial charge in [0.1, 0.15) is 0 Å². The van der Waals surface area contributed by atoms with Gasteiger partial charge in [-0.05, 0) is 24.8 Å². The Morgan fingerprint density at radius 3 is 2.62 bits per heavy atom. The van der Waals surface area contributed by atoms with Gasteiger partial charge in [0.2, 0.25) is 5.89 Å². The first kappa shape index (κ1) is 14.2. The van der Waals surface area contributed by atoms with Crippen molar-refractivity contribution in [3.05, 3.63) is 47.6 Å². The number of rotatable bonds is 5. The molecule has 0 bridgehead atoms. The van der Waals surface area contributed by atoms with Gasteiger partial charge < -0.3 is 15.4 Å². The predicted octanol–water partition coefficient (Wildman–Crippen LogP) is 2.31. The molecule has 0 radical (unpaired) electrons. The predicted molar refractivity (Wildman–Crippen MR) is 78.6 cm³/mol. The second-order valence-corrected chi connectivity index (χ2v) is 5.73. The minimum Gasteiger partial charge on any atom is -0.396 e. The van der Waals surface area contributed by atoms with Crippen LogP contribution in [0.3, 0.4) is 0 Å². The largest absolute Gasteiger partial charge is 0.396 e. The Balaban J connectivity index is 1.95. The van der Waals surface area contributed by atoms with Crippen molar-refractivity contribution in [2.24, 2.45) is 5.73 Å². The van der Waals surface area contributed by atoms with Crippen molar-refractivity contribution < 1.29 is 9.63 Å². The molecule has 1 aliphatic carbocycles. The van der Waals surface area contributed by atoms with Crippen molar-refractivity contribution >= 4 is 0 Å². The second kappa shape index (κ2) is 5.95. The van der Waals surface area contributed by atoms with Crippen LogP contribution in [0.25, 0.3) is 0 Å². The van der Waals surface area contributed by atoms with Crippen molar-refractivity contribution in [1.82, 2.24) is 10.1 Å². The molecule has 1 aliphatic rings. The molecule has 1 aromatic heterocycles. The van der Waals surface area contributed by atoms with Crippen LogP contribution in [-0.4, -0.2) is 21.9 Å². The first-order valence-corrected chi connectivity index (χ1v) is 7.52. The van der Waals surface area contributed by atoms with Gasteiger partial charge in [0.25, 0.3) is 0 Å². The molecule has 1 unspecified atom stereocenters. The van der Waals surface area contributed by atoms with Crippen LogP contribution in [0.5, 0.6) is 0 Å². The van der Waals surface area contributed by atoms with Crippen LogP contribution in [0, 0.1) is 0 Å². The molecular weight excluding hydrogens is 266 g/mol. The molecule has 1 atom stereocenters. The first-order valence-electron chi connectivity index (χ1n) is 7.52. The number of hydrogen-bond acceptors (Lipinski definition) is 5. The fourth-order valence-electron chi connectivity index (χ4n) is 3.22. The van der Waals surface area contributed by atoms with Gasteiger partial charge in [-0.15, -0.1) is 0 Å². The Bertz CT molecular complexity index is 576. The summed E-state index contributed by atoms with van der Waals surface area (Å²) in [5.41, 5.74) is 7.03. The molecular formula is C16H21N3O2. The van der Waals surface area contributed by atoms with Gasteiger partial charge in [0.05, 0.1) is 11.5 Å². The number of aliphatic hydroxyl groups is 1. The Morgan fingerprint density at radius 1 is 1.24 bits per heavy atom. The van der Waals surface area contributed by atoms with Crippen LogP contribution in [0.4, 0.5) is 0 Å². The fraction of sp³-hybridized carbons (Fsp3) is 0.500. The zero-order valence-corrected chi connectivity index (χ0v) is 12.0. The number of aliphatic hydroxyl groups excluding tert-OH is 1. The average Bonchev–Trinajstić information content (AvgIpc) is 3.18. The highest BCUT2D eigenvalue weighted by Crippen LogP contribution is 2.45. The molecule has 0 aliphatic heterocycles.